The highest BCUT2D eigenvalue weighted by Crippen LogP contribution is 2.10. The van der Waals surface area contributed by atoms with Gasteiger partial charge in [0.1, 0.15) is 6.73 Å². The predicted molar refractivity (Wildman–Crippen MR) is 80.1 cm³/mol. The highest BCUT2D eigenvalue weighted by molar-refractivity contribution is 6.76. The molecule has 20 heavy (non-hydrogen) atoms. The number of hydrogen-bond donors (Lipinski definition) is 2. The summed E-state index contributed by atoms with van der Waals surface area (Å²) in [4.78, 5) is 32.1. The molecule has 9 heteroatoms. The molecular weight excluding hydrogens is 300 g/mol. The zero-order valence-electron chi connectivity index (χ0n) is 11.6. The molecule has 0 aromatic carbocycles. The van der Waals surface area contributed by atoms with Gasteiger partial charge in [-0.05, 0) is 17.6 Å². The van der Waals surface area contributed by atoms with E-state index in [2.05, 4.69) is 34.6 Å². The van der Waals surface area contributed by atoms with E-state index >= 15 is 0 Å². The first kappa shape index (κ1) is 15.0. The Morgan fingerprint density at radius 3 is 2.65 bits per heavy atom. The molecule has 2 aromatic heterocycles. The molecular formula is C11H17ClN4O3Si. The lowest BCUT2D eigenvalue weighted by atomic mass is 10.5. The Morgan fingerprint density at radius 2 is 2.00 bits per heavy atom. The summed E-state index contributed by atoms with van der Waals surface area (Å²) < 4.78 is 6.77. The second-order valence-electron chi connectivity index (χ2n) is 5.76. The van der Waals surface area contributed by atoms with Gasteiger partial charge in [-0.1, -0.05) is 19.6 Å². The van der Waals surface area contributed by atoms with E-state index in [9.17, 15) is 9.59 Å². The lowest BCUT2D eigenvalue weighted by Crippen LogP contribution is -2.31. The number of aromatic nitrogens is 4. The van der Waals surface area contributed by atoms with Crippen molar-refractivity contribution >= 4 is 30.8 Å². The van der Waals surface area contributed by atoms with Crippen molar-refractivity contribution < 1.29 is 4.74 Å². The van der Waals surface area contributed by atoms with Crippen LogP contribution in [0.15, 0.2) is 9.59 Å². The fourth-order valence-corrected chi connectivity index (χ4v) is 2.60. The van der Waals surface area contributed by atoms with Gasteiger partial charge in [-0.2, -0.15) is 4.98 Å². The Balaban J connectivity index is 2.22. The van der Waals surface area contributed by atoms with Crippen LogP contribution in [0.2, 0.25) is 31.0 Å². The van der Waals surface area contributed by atoms with Gasteiger partial charge in [-0.15, -0.1) is 0 Å². The Labute approximate surface area is 121 Å². The second kappa shape index (κ2) is 5.55. The SMILES string of the molecule is C[Si](C)(C)CCOCn1c(=O)[nH]c(=O)c2[nH]c(Cl)nc21. The Morgan fingerprint density at radius 1 is 1.30 bits per heavy atom. The lowest BCUT2D eigenvalue weighted by Gasteiger charge is -2.15. The van der Waals surface area contributed by atoms with Gasteiger partial charge in [0.2, 0.25) is 5.28 Å². The molecule has 0 spiro atoms. The first-order chi connectivity index (χ1) is 9.28. The molecule has 7 nitrogen and oxygen atoms in total. The molecule has 0 aliphatic rings. The van der Waals surface area contributed by atoms with Gasteiger partial charge in [-0.25, -0.2) is 4.79 Å². The normalized spacial score (nSPS) is 12.2. The lowest BCUT2D eigenvalue weighted by molar-refractivity contribution is 0.0865. The third-order valence-electron chi connectivity index (χ3n) is 2.82. The average molecular weight is 317 g/mol. The van der Waals surface area contributed by atoms with Gasteiger partial charge in [0.05, 0.1) is 0 Å². The molecule has 0 atom stereocenters. The van der Waals surface area contributed by atoms with Crippen molar-refractivity contribution in [3.8, 4) is 0 Å². The van der Waals surface area contributed by atoms with Crippen molar-refractivity contribution in [1.29, 1.82) is 0 Å². The van der Waals surface area contributed by atoms with Crippen LogP contribution in [0.1, 0.15) is 0 Å². The molecule has 0 unspecified atom stereocenters. The number of aromatic amines is 2. The zero-order chi connectivity index (χ0) is 14.9. The summed E-state index contributed by atoms with van der Waals surface area (Å²) in [5, 5.41) is 0.0620. The summed E-state index contributed by atoms with van der Waals surface area (Å²) in [5.41, 5.74) is -0.721. The maximum Gasteiger partial charge on any atom is 0.332 e. The molecule has 0 fully saturated rings. The van der Waals surface area contributed by atoms with E-state index in [1.165, 1.54) is 4.57 Å². The predicted octanol–water partition coefficient (Wildman–Crippen LogP) is 1.38. The number of nitrogens with one attached hydrogen (secondary N) is 2. The molecule has 2 N–H and O–H groups in total. The number of H-pyrrole nitrogens is 2. The van der Waals surface area contributed by atoms with Crippen LogP contribution in [0.5, 0.6) is 0 Å². The number of rotatable bonds is 5. The van der Waals surface area contributed by atoms with Crippen molar-refractivity contribution in [3.63, 3.8) is 0 Å². The largest absolute Gasteiger partial charge is 0.361 e. The fraction of sp³-hybridized carbons (Fsp3) is 0.545. The van der Waals surface area contributed by atoms with Gasteiger partial charge in [0.25, 0.3) is 5.56 Å². The van der Waals surface area contributed by atoms with Gasteiger partial charge < -0.3 is 9.72 Å². The minimum absolute atomic E-state index is 0.0395. The molecule has 2 heterocycles. The minimum Gasteiger partial charge on any atom is -0.361 e. The van der Waals surface area contributed by atoms with E-state index in [4.69, 9.17) is 16.3 Å². The van der Waals surface area contributed by atoms with E-state index in [0.29, 0.717) is 6.61 Å². The molecule has 0 bridgehead atoms. The maximum atomic E-state index is 11.8. The van der Waals surface area contributed by atoms with Crippen molar-refractivity contribution in [2.75, 3.05) is 6.61 Å². The minimum atomic E-state index is -1.18. The number of fused-ring (bicyclic) bond motifs is 1. The number of halogens is 1. The number of hydrogen-bond acceptors (Lipinski definition) is 4. The molecule has 0 aliphatic heterocycles. The maximum absolute atomic E-state index is 11.8. The Bertz CT molecular complexity index is 728. The fourth-order valence-electron chi connectivity index (χ4n) is 1.67. The van der Waals surface area contributed by atoms with Crippen LogP contribution in [0.4, 0.5) is 0 Å². The molecule has 0 saturated heterocycles. The standard InChI is InChI=1S/C11H17ClN4O3Si/c1-20(2,3)5-4-19-6-16-8-7(13-10(12)14-8)9(17)15-11(16)18/h4-6H2,1-3H3,(H,13,14)(H,15,17,18). The van der Waals surface area contributed by atoms with Crippen molar-refractivity contribution in [2.24, 2.45) is 0 Å². The first-order valence-corrected chi connectivity index (χ1v) is 10.3. The third kappa shape index (κ3) is 3.38. The van der Waals surface area contributed by atoms with E-state index < -0.39 is 19.3 Å². The third-order valence-corrected chi connectivity index (χ3v) is 4.70. The molecule has 2 rings (SSSR count). The number of ether oxygens (including phenoxy) is 1. The van der Waals surface area contributed by atoms with E-state index in [1.54, 1.807) is 0 Å². The van der Waals surface area contributed by atoms with E-state index in [0.717, 1.165) is 6.04 Å². The first-order valence-electron chi connectivity index (χ1n) is 6.24. The van der Waals surface area contributed by atoms with Crippen molar-refractivity contribution in [1.82, 2.24) is 19.5 Å². The van der Waals surface area contributed by atoms with Crippen LogP contribution in [-0.4, -0.2) is 34.2 Å². The van der Waals surface area contributed by atoms with Crippen molar-refractivity contribution in [2.45, 2.75) is 32.4 Å². The summed E-state index contributed by atoms with van der Waals surface area (Å²) in [7, 11) is -1.18. The summed E-state index contributed by atoms with van der Waals surface area (Å²) in [6.45, 7) is 7.34. The molecule has 2 aromatic rings. The monoisotopic (exact) mass is 316 g/mol. The quantitative estimate of drug-likeness (QED) is 0.495. The van der Waals surface area contributed by atoms with Crippen LogP contribution in [0.25, 0.3) is 11.2 Å². The van der Waals surface area contributed by atoms with Crippen LogP contribution < -0.4 is 11.2 Å². The second-order valence-corrected chi connectivity index (χ2v) is 11.7. The van der Waals surface area contributed by atoms with Crippen LogP contribution in [0, 0.1) is 0 Å². The van der Waals surface area contributed by atoms with E-state index in [1.807, 2.05) is 0 Å². The van der Waals surface area contributed by atoms with E-state index in [-0.39, 0.29) is 23.2 Å². The highest BCUT2D eigenvalue weighted by atomic mass is 35.5. The van der Waals surface area contributed by atoms with Crippen LogP contribution in [-0.2, 0) is 11.5 Å². The smallest absolute Gasteiger partial charge is 0.332 e. The summed E-state index contributed by atoms with van der Waals surface area (Å²) in [6.07, 6.45) is 0. The molecule has 0 aliphatic carbocycles. The molecule has 0 saturated carbocycles. The topological polar surface area (TPSA) is 92.8 Å². The van der Waals surface area contributed by atoms with Gasteiger partial charge in [0, 0.05) is 14.7 Å². The highest BCUT2D eigenvalue weighted by Gasteiger charge is 2.14. The Hall–Kier alpha value is -1.38. The molecule has 0 amide bonds. The van der Waals surface area contributed by atoms with Crippen molar-refractivity contribution in [3.05, 3.63) is 26.1 Å². The summed E-state index contributed by atoms with van der Waals surface area (Å²) in [5.74, 6) is 0. The number of nitrogens with zero attached hydrogens (tertiary/aromatic N) is 2. The summed E-state index contributed by atoms with van der Waals surface area (Å²) >= 11 is 5.73. The summed E-state index contributed by atoms with van der Waals surface area (Å²) in [6, 6.07) is 0.996. The zero-order valence-corrected chi connectivity index (χ0v) is 13.4. The number of imidazole rings is 1. The van der Waals surface area contributed by atoms with Gasteiger partial charge in [0.15, 0.2) is 11.2 Å². The average Bonchev–Trinajstić information content (AvgIpc) is 2.68. The van der Waals surface area contributed by atoms with Gasteiger partial charge in [-0.3, -0.25) is 14.3 Å². The van der Waals surface area contributed by atoms with Crippen LogP contribution in [0.3, 0.4) is 0 Å². The Kier molecular flexibility index (Phi) is 4.16. The van der Waals surface area contributed by atoms with Gasteiger partial charge >= 0.3 is 5.69 Å². The molecule has 0 radical (unpaired) electrons. The van der Waals surface area contributed by atoms with Crippen LogP contribution >= 0.6 is 11.6 Å². The molecule has 110 valence electrons.